The zero-order valence-corrected chi connectivity index (χ0v) is 15.9. The van der Waals surface area contributed by atoms with Crippen LogP contribution in [0.15, 0.2) is 82.6 Å². The lowest BCUT2D eigenvalue weighted by Gasteiger charge is -2.25. The average molecular weight is 386 g/mol. The summed E-state index contributed by atoms with van der Waals surface area (Å²) in [6.45, 7) is 0. The van der Waals surface area contributed by atoms with Crippen molar-refractivity contribution in [3.8, 4) is 0 Å². The summed E-state index contributed by atoms with van der Waals surface area (Å²) in [6, 6.07) is 22.9. The number of rotatable bonds is 2. The van der Waals surface area contributed by atoms with Crippen LogP contribution in [0, 0.1) is 0 Å². The molecule has 0 saturated carbocycles. The minimum absolute atomic E-state index is 0.0440. The summed E-state index contributed by atoms with van der Waals surface area (Å²) in [6.07, 6.45) is 0. The number of benzene rings is 4. The second-order valence-electron chi connectivity index (χ2n) is 6.71. The van der Waals surface area contributed by atoms with Crippen molar-refractivity contribution in [2.24, 2.45) is 0 Å². The lowest BCUT2D eigenvalue weighted by molar-refractivity contribution is 0.0698. The van der Waals surface area contributed by atoms with E-state index in [0.717, 1.165) is 25.9 Å². The van der Waals surface area contributed by atoms with E-state index in [2.05, 4.69) is 0 Å². The molecule has 0 aliphatic carbocycles. The SMILES string of the molecule is CN1C(=O)c2cccc3cccc(c23)[S+]1c1cccc2cccc(C(=O)O)c12. The van der Waals surface area contributed by atoms with Crippen LogP contribution in [0.1, 0.15) is 20.7 Å². The number of carbonyl (C=O) groups excluding carboxylic acids is 1. The molecule has 1 N–H and O–H groups in total. The molecule has 0 bridgehead atoms. The van der Waals surface area contributed by atoms with Crippen molar-refractivity contribution in [1.82, 2.24) is 4.31 Å². The fraction of sp³-hybridized carbons (Fsp3) is 0.0435. The molecule has 1 aliphatic heterocycles. The van der Waals surface area contributed by atoms with Gasteiger partial charge in [-0.2, -0.15) is 0 Å². The summed E-state index contributed by atoms with van der Waals surface area (Å²) in [5, 5.41) is 13.3. The van der Waals surface area contributed by atoms with E-state index >= 15 is 0 Å². The highest BCUT2D eigenvalue weighted by molar-refractivity contribution is 7.95. The Bertz CT molecular complexity index is 1290. The van der Waals surface area contributed by atoms with Gasteiger partial charge in [0.25, 0.3) is 5.91 Å². The quantitative estimate of drug-likeness (QED) is 0.507. The molecule has 4 aromatic rings. The molecule has 136 valence electrons. The van der Waals surface area contributed by atoms with Gasteiger partial charge in [-0.05, 0) is 35.0 Å². The van der Waals surface area contributed by atoms with Crippen molar-refractivity contribution >= 4 is 44.5 Å². The van der Waals surface area contributed by atoms with Crippen LogP contribution in [0.3, 0.4) is 0 Å². The highest BCUT2D eigenvalue weighted by Gasteiger charge is 2.44. The molecular formula is C23H16NO3S+. The number of hydrogen-bond donors (Lipinski definition) is 1. The Labute approximate surface area is 164 Å². The topological polar surface area (TPSA) is 57.6 Å². The number of aromatic carboxylic acids is 1. The predicted octanol–water partition coefficient (Wildman–Crippen LogP) is 4.73. The Morgan fingerprint density at radius 3 is 2.00 bits per heavy atom. The molecular weight excluding hydrogens is 370 g/mol. The number of nitrogens with zero attached hydrogens (tertiary/aromatic N) is 1. The van der Waals surface area contributed by atoms with Gasteiger partial charge in [0, 0.05) is 0 Å². The number of amides is 1. The maximum absolute atomic E-state index is 13.2. The Morgan fingerprint density at radius 2 is 1.36 bits per heavy atom. The normalized spacial score (nSPS) is 16.0. The van der Waals surface area contributed by atoms with Gasteiger partial charge < -0.3 is 5.11 Å². The molecule has 1 aliphatic rings. The minimum Gasteiger partial charge on any atom is -0.478 e. The fourth-order valence-corrected chi connectivity index (χ4v) is 6.31. The second kappa shape index (κ2) is 6.11. The van der Waals surface area contributed by atoms with Gasteiger partial charge in [0.2, 0.25) is 0 Å². The molecule has 4 nitrogen and oxygen atoms in total. The summed E-state index contributed by atoms with van der Waals surface area (Å²) in [5.41, 5.74) is 0.950. The van der Waals surface area contributed by atoms with E-state index in [1.54, 1.807) is 23.5 Å². The summed E-state index contributed by atoms with van der Waals surface area (Å²) < 4.78 is 1.74. The van der Waals surface area contributed by atoms with Crippen molar-refractivity contribution < 1.29 is 14.7 Å². The molecule has 5 rings (SSSR count). The maximum atomic E-state index is 13.2. The second-order valence-corrected chi connectivity index (χ2v) is 8.71. The van der Waals surface area contributed by atoms with Gasteiger partial charge >= 0.3 is 5.97 Å². The van der Waals surface area contributed by atoms with Gasteiger partial charge in [-0.1, -0.05) is 48.5 Å². The Hall–Kier alpha value is -3.31. The molecule has 0 aromatic heterocycles. The molecule has 0 fully saturated rings. The number of carbonyl (C=O) groups is 2. The molecule has 1 amide bonds. The zero-order valence-electron chi connectivity index (χ0n) is 15.0. The van der Waals surface area contributed by atoms with Crippen LogP contribution in [0.25, 0.3) is 21.5 Å². The Morgan fingerprint density at radius 1 is 0.821 bits per heavy atom. The van der Waals surface area contributed by atoms with Crippen LogP contribution in [0.5, 0.6) is 0 Å². The smallest absolute Gasteiger partial charge is 0.336 e. The van der Waals surface area contributed by atoms with E-state index in [-0.39, 0.29) is 11.5 Å². The van der Waals surface area contributed by atoms with Crippen LogP contribution >= 0.6 is 0 Å². The van der Waals surface area contributed by atoms with Crippen LogP contribution in [0.2, 0.25) is 0 Å². The van der Waals surface area contributed by atoms with Gasteiger partial charge in [0.1, 0.15) is 0 Å². The van der Waals surface area contributed by atoms with E-state index in [1.165, 1.54) is 0 Å². The Kier molecular flexibility index (Phi) is 3.67. The first-order valence-electron chi connectivity index (χ1n) is 8.87. The molecule has 0 spiro atoms. The van der Waals surface area contributed by atoms with Crippen molar-refractivity contribution in [2.45, 2.75) is 9.79 Å². The van der Waals surface area contributed by atoms with E-state index in [9.17, 15) is 14.7 Å². The minimum atomic E-state index is -0.966. The van der Waals surface area contributed by atoms with E-state index in [0.29, 0.717) is 10.9 Å². The number of carboxylic acids is 1. The van der Waals surface area contributed by atoms with Crippen molar-refractivity contribution in [3.05, 3.63) is 83.9 Å². The number of carboxylic acid groups (broad SMARTS) is 1. The standard InChI is InChI=1S/C23H15NO3S/c1-24-22(25)16-10-2-6-14-8-4-12-18(20(14)16)28(24)19-13-5-9-15-7-3-11-17(21(15)19)23(26)27/h2-13H,1H3/p+1. The third kappa shape index (κ3) is 2.26. The summed E-state index contributed by atoms with van der Waals surface area (Å²) >= 11 is -0.712. The predicted molar refractivity (Wildman–Crippen MR) is 111 cm³/mol. The van der Waals surface area contributed by atoms with Crippen LogP contribution in [-0.2, 0) is 11.1 Å². The van der Waals surface area contributed by atoms with Crippen molar-refractivity contribution in [2.75, 3.05) is 7.05 Å². The van der Waals surface area contributed by atoms with Crippen LogP contribution < -0.4 is 0 Å². The molecule has 1 heterocycles. The van der Waals surface area contributed by atoms with E-state index in [1.807, 2.05) is 60.7 Å². The van der Waals surface area contributed by atoms with Crippen LogP contribution in [-0.4, -0.2) is 28.3 Å². The van der Waals surface area contributed by atoms with Crippen molar-refractivity contribution in [3.63, 3.8) is 0 Å². The monoisotopic (exact) mass is 386 g/mol. The Balaban J connectivity index is 1.90. The summed E-state index contributed by atoms with van der Waals surface area (Å²) in [5.74, 6) is -1.01. The molecule has 5 heteroatoms. The number of fused-ring (bicyclic) bond motifs is 1. The van der Waals surface area contributed by atoms with Crippen molar-refractivity contribution in [1.29, 1.82) is 0 Å². The third-order valence-corrected chi connectivity index (χ3v) is 7.40. The van der Waals surface area contributed by atoms with Gasteiger partial charge in [0.05, 0.1) is 28.9 Å². The molecule has 1 atom stereocenters. The lowest BCUT2D eigenvalue weighted by Crippen LogP contribution is -2.37. The maximum Gasteiger partial charge on any atom is 0.336 e. The fourth-order valence-electron chi connectivity index (χ4n) is 3.96. The highest BCUT2D eigenvalue weighted by atomic mass is 32.2. The number of hydrogen-bond acceptors (Lipinski definition) is 2. The summed E-state index contributed by atoms with van der Waals surface area (Å²) in [7, 11) is 1.79. The first kappa shape index (κ1) is 16.8. The van der Waals surface area contributed by atoms with E-state index in [4.69, 9.17) is 0 Å². The van der Waals surface area contributed by atoms with Gasteiger partial charge in [-0.3, -0.25) is 4.79 Å². The van der Waals surface area contributed by atoms with Gasteiger partial charge in [-0.25, -0.2) is 4.79 Å². The van der Waals surface area contributed by atoms with Gasteiger partial charge in [-0.15, -0.1) is 4.31 Å². The van der Waals surface area contributed by atoms with Gasteiger partial charge in [0.15, 0.2) is 20.9 Å². The zero-order chi connectivity index (χ0) is 19.4. The first-order valence-corrected chi connectivity index (χ1v) is 10.1. The lowest BCUT2D eigenvalue weighted by atomic mass is 10.0. The molecule has 1 unspecified atom stereocenters. The highest BCUT2D eigenvalue weighted by Crippen LogP contribution is 2.41. The van der Waals surface area contributed by atoms with Crippen LogP contribution in [0.4, 0.5) is 0 Å². The molecule has 0 radical (unpaired) electrons. The summed E-state index contributed by atoms with van der Waals surface area (Å²) in [4.78, 5) is 27.0. The molecule has 0 saturated heterocycles. The first-order chi connectivity index (χ1) is 13.6. The molecule has 4 aromatic carbocycles. The average Bonchev–Trinajstić information content (AvgIpc) is 2.71. The largest absolute Gasteiger partial charge is 0.478 e. The third-order valence-electron chi connectivity index (χ3n) is 5.17. The molecule has 28 heavy (non-hydrogen) atoms. The van der Waals surface area contributed by atoms with E-state index < -0.39 is 17.1 Å².